The van der Waals surface area contributed by atoms with Crippen LogP contribution in [-0.4, -0.2) is 6.61 Å². The van der Waals surface area contributed by atoms with Gasteiger partial charge in [-0.2, -0.15) is 0 Å². The largest absolute Gasteiger partial charge is 0.492 e. The van der Waals surface area contributed by atoms with Crippen molar-refractivity contribution in [3.63, 3.8) is 0 Å². The van der Waals surface area contributed by atoms with Crippen molar-refractivity contribution in [3.05, 3.63) is 34.2 Å². The highest BCUT2D eigenvalue weighted by Crippen LogP contribution is 2.27. The standard InChI is InChI=1S/C10H12ClNOS/c1-2-13-10-5-7(9(12)6-14)3-4-8(10)11/h3-6,14H,2,12H2,1H3/b9-6-. The molecular weight excluding hydrogens is 218 g/mol. The topological polar surface area (TPSA) is 35.2 Å². The second-order valence-corrected chi connectivity index (χ2v) is 3.33. The van der Waals surface area contributed by atoms with Gasteiger partial charge in [-0.05, 0) is 24.5 Å². The Balaban J connectivity index is 3.06. The molecule has 1 aromatic rings. The maximum Gasteiger partial charge on any atom is 0.138 e. The summed E-state index contributed by atoms with van der Waals surface area (Å²) in [5.41, 5.74) is 7.14. The highest BCUT2D eigenvalue weighted by atomic mass is 35.5. The van der Waals surface area contributed by atoms with E-state index in [1.165, 1.54) is 0 Å². The average Bonchev–Trinajstić information content (AvgIpc) is 2.20. The van der Waals surface area contributed by atoms with Crippen LogP contribution in [0.25, 0.3) is 5.70 Å². The fourth-order valence-electron chi connectivity index (χ4n) is 1.02. The zero-order chi connectivity index (χ0) is 10.6. The number of hydrogen-bond donors (Lipinski definition) is 2. The summed E-state index contributed by atoms with van der Waals surface area (Å²) in [6.45, 7) is 2.48. The molecule has 0 aliphatic carbocycles. The van der Waals surface area contributed by atoms with Crippen molar-refractivity contribution in [3.8, 4) is 5.75 Å². The van der Waals surface area contributed by atoms with Crippen LogP contribution in [0.2, 0.25) is 5.02 Å². The highest BCUT2D eigenvalue weighted by Gasteiger charge is 2.03. The van der Waals surface area contributed by atoms with Gasteiger partial charge in [0.1, 0.15) is 5.75 Å². The molecule has 0 aromatic heterocycles. The van der Waals surface area contributed by atoms with Crippen LogP contribution in [0, 0.1) is 0 Å². The molecule has 0 aliphatic rings. The molecule has 76 valence electrons. The SMILES string of the molecule is CCOc1cc(/C(N)=C/S)ccc1Cl. The molecule has 0 heterocycles. The zero-order valence-electron chi connectivity index (χ0n) is 7.83. The lowest BCUT2D eigenvalue weighted by atomic mass is 10.2. The third kappa shape index (κ3) is 2.59. The normalized spacial score (nSPS) is 11.5. The van der Waals surface area contributed by atoms with Crippen LogP contribution in [0.1, 0.15) is 12.5 Å². The van der Waals surface area contributed by atoms with E-state index >= 15 is 0 Å². The number of ether oxygens (including phenoxy) is 1. The Bertz CT molecular complexity index is 352. The summed E-state index contributed by atoms with van der Waals surface area (Å²) in [7, 11) is 0. The van der Waals surface area contributed by atoms with E-state index in [1.54, 1.807) is 17.5 Å². The van der Waals surface area contributed by atoms with Crippen LogP contribution in [0.5, 0.6) is 5.75 Å². The molecule has 0 unspecified atom stereocenters. The van der Waals surface area contributed by atoms with Crippen molar-refractivity contribution in [2.24, 2.45) is 5.73 Å². The lowest BCUT2D eigenvalue weighted by Gasteiger charge is -2.07. The second-order valence-electron chi connectivity index (χ2n) is 2.66. The fourth-order valence-corrected chi connectivity index (χ4v) is 1.34. The van der Waals surface area contributed by atoms with E-state index in [0.29, 0.717) is 23.1 Å². The molecule has 0 radical (unpaired) electrons. The molecule has 0 aliphatic heterocycles. The minimum Gasteiger partial charge on any atom is -0.492 e. The molecule has 14 heavy (non-hydrogen) atoms. The number of rotatable bonds is 3. The smallest absolute Gasteiger partial charge is 0.138 e. The summed E-state index contributed by atoms with van der Waals surface area (Å²) >= 11 is 9.90. The summed E-state index contributed by atoms with van der Waals surface area (Å²) in [5.74, 6) is 0.643. The van der Waals surface area contributed by atoms with Crippen LogP contribution >= 0.6 is 24.2 Å². The quantitative estimate of drug-likeness (QED) is 0.782. The first kappa shape index (κ1) is 11.3. The van der Waals surface area contributed by atoms with Gasteiger partial charge in [0.05, 0.1) is 11.6 Å². The number of hydrogen-bond acceptors (Lipinski definition) is 3. The molecule has 2 N–H and O–H groups in total. The van der Waals surface area contributed by atoms with Crippen molar-refractivity contribution in [2.75, 3.05) is 6.61 Å². The molecule has 1 rings (SSSR count). The second kappa shape index (κ2) is 5.17. The van der Waals surface area contributed by atoms with Crippen molar-refractivity contribution >= 4 is 29.9 Å². The van der Waals surface area contributed by atoms with Crippen LogP contribution in [0.3, 0.4) is 0 Å². The molecule has 4 heteroatoms. The maximum atomic E-state index is 5.92. The minimum atomic E-state index is 0.577. The average molecular weight is 230 g/mol. The first-order chi connectivity index (χ1) is 6.69. The van der Waals surface area contributed by atoms with Crippen molar-refractivity contribution < 1.29 is 4.74 Å². The van der Waals surface area contributed by atoms with Crippen LogP contribution in [0.15, 0.2) is 23.6 Å². The van der Waals surface area contributed by atoms with E-state index in [-0.39, 0.29) is 0 Å². The van der Waals surface area contributed by atoms with E-state index in [2.05, 4.69) is 12.6 Å². The van der Waals surface area contributed by atoms with Gasteiger partial charge in [0.15, 0.2) is 0 Å². The van der Waals surface area contributed by atoms with Gasteiger partial charge < -0.3 is 10.5 Å². The lowest BCUT2D eigenvalue weighted by Crippen LogP contribution is -1.97. The molecule has 0 amide bonds. The lowest BCUT2D eigenvalue weighted by molar-refractivity contribution is 0.340. The molecule has 0 spiro atoms. The van der Waals surface area contributed by atoms with Gasteiger partial charge in [-0.15, -0.1) is 12.6 Å². The van der Waals surface area contributed by atoms with E-state index in [4.69, 9.17) is 22.1 Å². The van der Waals surface area contributed by atoms with Gasteiger partial charge in [0, 0.05) is 11.3 Å². The first-order valence-electron chi connectivity index (χ1n) is 4.21. The Morgan fingerprint density at radius 1 is 1.64 bits per heavy atom. The Labute approximate surface area is 94.1 Å². The Kier molecular flexibility index (Phi) is 4.17. The number of nitrogens with two attached hydrogens (primary N) is 1. The van der Waals surface area contributed by atoms with Crippen molar-refractivity contribution in [2.45, 2.75) is 6.92 Å². The predicted molar refractivity (Wildman–Crippen MR) is 63.8 cm³/mol. The van der Waals surface area contributed by atoms with E-state index in [1.807, 2.05) is 13.0 Å². The molecular formula is C10H12ClNOS. The maximum absolute atomic E-state index is 5.92. The molecule has 2 nitrogen and oxygen atoms in total. The number of benzene rings is 1. The molecule has 0 saturated carbocycles. The van der Waals surface area contributed by atoms with Crippen LogP contribution in [0.4, 0.5) is 0 Å². The predicted octanol–water partition coefficient (Wildman–Crippen LogP) is 2.93. The van der Waals surface area contributed by atoms with Gasteiger partial charge in [-0.3, -0.25) is 0 Å². The number of thiol groups is 1. The van der Waals surface area contributed by atoms with Gasteiger partial charge in [0.2, 0.25) is 0 Å². The summed E-state index contributed by atoms with van der Waals surface area (Å²) < 4.78 is 5.33. The molecule has 0 fully saturated rings. The third-order valence-electron chi connectivity index (χ3n) is 1.70. The summed E-state index contributed by atoms with van der Waals surface area (Å²) in [5, 5.41) is 2.13. The molecule has 0 saturated heterocycles. The van der Waals surface area contributed by atoms with Gasteiger partial charge in [-0.25, -0.2) is 0 Å². The Morgan fingerprint density at radius 2 is 2.36 bits per heavy atom. The van der Waals surface area contributed by atoms with Crippen LogP contribution in [-0.2, 0) is 0 Å². The van der Waals surface area contributed by atoms with Crippen molar-refractivity contribution in [1.29, 1.82) is 0 Å². The van der Waals surface area contributed by atoms with E-state index in [9.17, 15) is 0 Å². The van der Waals surface area contributed by atoms with Gasteiger partial charge in [0.25, 0.3) is 0 Å². The van der Waals surface area contributed by atoms with E-state index in [0.717, 1.165) is 5.56 Å². The summed E-state index contributed by atoms with van der Waals surface area (Å²) in [4.78, 5) is 0. The first-order valence-corrected chi connectivity index (χ1v) is 5.11. The van der Waals surface area contributed by atoms with Gasteiger partial charge >= 0.3 is 0 Å². The minimum absolute atomic E-state index is 0.577. The molecule has 0 atom stereocenters. The summed E-state index contributed by atoms with van der Waals surface area (Å²) in [6, 6.07) is 5.38. The van der Waals surface area contributed by atoms with E-state index < -0.39 is 0 Å². The zero-order valence-corrected chi connectivity index (χ0v) is 9.48. The Hall–Kier alpha value is -0.800. The monoisotopic (exact) mass is 229 g/mol. The summed E-state index contributed by atoms with van der Waals surface area (Å²) in [6.07, 6.45) is 0. The van der Waals surface area contributed by atoms with Crippen molar-refractivity contribution in [1.82, 2.24) is 0 Å². The highest BCUT2D eigenvalue weighted by molar-refractivity contribution is 7.83. The number of halogens is 1. The molecule has 0 bridgehead atoms. The van der Waals surface area contributed by atoms with Gasteiger partial charge in [-0.1, -0.05) is 17.7 Å². The molecule has 1 aromatic carbocycles. The Morgan fingerprint density at radius 3 is 2.93 bits per heavy atom. The third-order valence-corrected chi connectivity index (χ3v) is 2.29. The van der Waals surface area contributed by atoms with Crippen LogP contribution < -0.4 is 10.5 Å². The fraction of sp³-hybridized carbons (Fsp3) is 0.200.